The van der Waals surface area contributed by atoms with Crippen LogP contribution < -0.4 is 27.9 Å². The van der Waals surface area contributed by atoms with Crippen LogP contribution in [0.25, 0.3) is 0 Å². The molecule has 51 heavy (non-hydrogen) atoms. The minimum atomic E-state index is -2.62. The van der Waals surface area contributed by atoms with E-state index in [-0.39, 0.29) is 42.0 Å². The monoisotopic (exact) mass is 737 g/mol. The van der Waals surface area contributed by atoms with E-state index >= 15 is 0 Å². The van der Waals surface area contributed by atoms with Crippen molar-refractivity contribution in [1.29, 1.82) is 0 Å². The number of Topliss-reactive ketones (excluding diaryl/α,β-unsaturated/α-hetero) is 1. The van der Waals surface area contributed by atoms with Gasteiger partial charge in [0.2, 0.25) is 17.6 Å². The summed E-state index contributed by atoms with van der Waals surface area (Å²) < 4.78 is 25.2. The Labute approximate surface area is 302 Å². The zero-order chi connectivity index (χ0) is 37.9. The number of halogens is 2. The summed E-state index contributed by atoms with van der Waals surface area (Å²) >= 11 is 0.327. The van der Waals surface area contributed by atoms with Crippen LogP contribution in [0, 0.1) is 5.92 Å². The van der Waals surface area contributed by atoms with Gasteiger partial charge in [-0.1, -0.05) is 70.1 Å². The van der Waals surface area contributed by atoms with E-state index in [1.165, 1.54) is 80.1 Å². The first kappa shape index (κ1) is 41.7. The second-order valence-corrected chi connectivity index (χ2v) is 15.2. The minimum Gasteiger partial charge on any atom is -0.403 e. The fraction of sp³-hybridized carbons (Fsp3) is 0.629. The van der Waals surface area contributed by atoms with Crippen molar-refractivity contribution in [2.75, 3.05) is 13.1 Å². The van der Waals surface area contributed by atoms with Gasteiger partial charge in [-0.3, -0.25) is 24.0 Å². The topological polar surface area (TPSA) is 214 Å². The van der Waals surface area contributed by atoms with Crippen LogP contribution in [-0.2, 0) is 19.2 Å². The number of alkyl halides is 2. The van der Waals surface area contributed by atoms with Gasteiger partial charge in [-0.25, -0.2) is 5.84 Å². The maximum absolute atomic E-state index is 13.7. The molecule has 2 saturated carbocycles. The van der Waals surface area contributed by atoms with Gasteiger partial charge in [0, 0.05) is 29.6 Å². The highest BCUT2D eigenvalue weighted by Crippen LogP contribution is 2.32. The van der Waals surface area contributed by atoms with Gasteiger partial charge in [0.25, 0.3) is 17.6 Å². The van der Waals surface area contributed by atoms with Crippen LogP contribution in [0.2, 0.25) is 0 Å². The standard InChI is InChI=1S/C28H39F2N7O6S.C7H14/c1-27(2,43)20(13-31)37(33)17-12-19(25(42)35-28(22(39)23(32)40)10-4-3-5-11-28)36(15-17)21(38)14-34-24(41)16-6-8-18(9-7-16)44-26(29)30;1-7-5-3-2-4-6-7/h6-9,13,17,19,26,43H,3-5,10-12,14-15,31,33H2,1-2H3,(H2,32,40)(H,34,41)(H,35,42);7H,2-6H2,1H3/b20-13-;. The first-order valence-electron chi connectivity index (χ1n) is 17.5. The number of nitrogens with one attached hydrogen (secondary N) is 2. The molecule has 0 aromatic heterocycles. The lowest BCUT2D eigenvalue weighted by Crippen LogP contribution is -2.62. The summed E-state index contributed by atoms with van der Waals surface area (Å²) in [5, 5.41) is 16.9. The number of thioether (sulfide) groups is 1. The summed E-state index contributed by atoms with van der Waals surface area (Å²) in [4.78, 5) is 66.1. The Hall–Kier alpha value is -3.76. The highest BCUT2D eigenvalue weighted by Gasteiger charge is 2.48. The molecule has 0 radical (unpaired) electrons. The van der Waals surface area contributed by atoms with Gasteiger partial charge in [-0.15, -0.1) is 0 Å². The van der Waals surface area contributed by atoms with Crippen molar-refractivity contribution in [3.8, 4) is 0 Å². The lowest BCUT2D eigenvalue weighted by molar-refractivity contribution is -0.145. The maximum atomic E-state index is 13.7. The van der Waals surface area contributed by atoms with E-state index in [0.29, 0.717) is 24.6 Å². The average Bonchev–Trinajstić information content (AvgIpc) is 3.54. The summed E-state index contributed by atoms with van der Waals surface area (Å²) in [5.74, 6) is 0.627. The molecule has 2 aliphatic carbocycles. The van der Waals surface area contributed by atoms with Crippen molar-refractivity contribution in [3.05, 3.63) is 41.7 Å². The fourth-order valence-corrected chi connectivity index (χ4v) is 7.41. The zero-order valence-electron chi connectivity index (χ0n) is 29.7. The molecule has 1 heterocycles. The van der Waals surface area contributed by atoms with Gasteiger partial charge in [0.15, 0.2) is 0 Å². The zero-order valence-corrected chi connectivity index (χ0v) is 30.5. The number of rotatable bonds is 12. The number of hydrogen-bond acceptors (Lipinski definition) is 10. The molecule has 284 valence electrons. The van der Waals surface area contributed by atoms with Crippen LogP contribution in [-0.4, -0.2) is 86.5 Å². The van der Waals surface area contributed by atoms with Crippen molar-refractivity contribution in [3.63, 3.8) is 0 Å². The third kappa shape index (κ3) is 11.6. The molecule has 1 aromatic rings. The SMILES string of the molecule is CC(C)(O)/C(=C/N)N(N)C1CC(C(=O)NC2(C(=O)C(N)=O)CCCCC2)N(C(=O)CNC(=O)c2ccc(SC(F)F)cc2)C1.CC1CCCCC1. The molecule has 2 unspecified atom stereocenters. The number of likely N-dealkylation sites (tertiary alicyclic amines) is 1. The summed E-state index contributed by atoms with van der Waals surface area (Å²) in [5.41, 5.74) is 8.32. The van der Waals surface area contributed by atoms with E-state index in [0.717, 1.165) is 18.5 Å². The molecule has 0 bridgehead atoms. The molecule has 1 saturated heterocycles. The van der Waals surface area contributed by atoms with E-state index in [2.05, 4.69) is 17.6 Å². The highest BCUT2D eigenvalue weighted by atomic mass is 32.2. The number of nitrogens with zero attached hydrogens (tertiary/aromatic N) is 2. The number of aliphatic hydroxyl groups is 1. The maximum Gasteiger partial charge on any atom is 0.288 e. The lowest BCUT2D eigenvalue weighted by atomic mass is 9.78. The van der Waals surface area contributed by atoms with E-state index < -0.39 is 64.9 Å². The largest absolute Gasteiger partial charge is 0.403 e. The van der Waals surface area contributed by atoms with Gasteiger partial charge in [-0.05, 0) is 56.9 Å². The van der Waals surface area contributed by atoms with E-state index in [1.54, 1.807) is 0 Å². The molecule has 3 fully saturated rings. The predicted molar refractivity (Wildman–Crippen MR) is 190 cm³/mol. The normalized spacial score (nSPS) is 20.9. The average molecular weight is 738 g/mol. The molecule has 4 rings (SSSR count). The van der Waals surface area contributed by atoms with Gasteiger partial charge < -0.3 is 37.1 Å². The Bertz CT molecular complexity index is 1410. The van der Waals surface area contributed by atoms with Crippen LogP contribution in [0.1, 0.15) is 102 Å². The van der Waals surface area contributed by atoms with Crippen LogP contribution in [0.3, 0.4) is 0 Å². The van der Waals surface area contributed by atoms with Crippen molar-refractivity contribution in [1.82, 2.24) is 20.5 Å². The summed E-state index contributed by atoms with van der Waals surface area (Å²) in [6, 6.07) is 3.52. The Morgan fingerprint density at radius 2 is 1.65 bits per heavy atom. The summed E-state index contributed by atoms with van der Waals surface area (Å²) in [7, 11) is 0. The van der Waals surface area contributed by atoms with E-state index in [1.807, 2.05) is 0 Å². The number of nitrogens with two attached hydrogens (primary N) is 3. The molecule has 4 amide bonds. The van der Waals surface area contributed by atoms with Crippen LogP contribution in [0.4, 0.5) is 8.78 Å². The third-order valence-electron chi connectivity index (χ3n) is 9.72. The molecule has 13 nitrogen and oxygen atoms in total. The number of ketones is 1. The van der Waals surface area contributed by atoms with Crippen LogP contribution in [0.5, 0.6) is 0 Å². The molecule has 1 aromatic carbocycles. The number of amides is 4. The van der Waals surface area contributed by atoms with Crippen molar-refractivity contribution < 1.29 is 37.9 Å². The number of primary amides is 1. The summed E-state index contributed by atoms with van der Waals surface area (Å²) in [6.07, 6.45) is 10.9. The first-order chi connectivity index (χ1) is 24.0. The molecule has 16 heteroatoms. The Balaban J connectivity index is 0.000000892. The minimum absolute atomic E-state index is 0.0282. The smallest absolute Gasteiger partial charge is 0.288 e. The van der Waals surface area contributed by atoms with Gasteiger partial charge in [-0.2, -0.15) is 8.78 Å². The van der Waals surface area contributed by atoms with Gasteiger partial charge in [0.05, 0.1) is 18.3 Å². The van der Waals surface area contributed by atoms with Crippen molar-refractivity contribution in [2.24, 2.45) is 23.2 Å². The number of carbonyl (C=O) groups is 5. The Kier molecular flexibility index (Phi) is 15.2. The van der Waals surface area contributed by atoms with Crippen molar-refractivity contribution >= 4 is 41.2 Å². The molecule has 2 atom stereocenters. The van der Waals surface area contributed by atoms with E-state index in [4.69, 9.17) is 17.3 Å². The molecular weight excluding hydrogens is 684 g/mol. The highest BCUT2D eigenvalue weighted by molar-refractivity contribution is 7.99. The summed E-state index contributed by atoms with van der Waals surface area (Å²) in [6.45, 7) is 4.66. The number of hydrazine groups is 1. The predicted octanol–water partition coefficient (Wildman–Crippen LogP) is 2.91. The fourth-order valence-electron chi connectivity index (χ4n) is 6.92. The van der Waals surface area contributed by atoms with Gasteiger partial charge >= 0.3 is 0 Å². The molecular formula is C35H53F2N7O6S. The first-order valence-corrected chi connectivity index (χ1v) is 18.3. The number of benzene rings is 1. The van der Waals surface area contributed by atoms with Crippen LogP contribution >= 0.6 is 11.8 Å². The molecule has 9 N–H and O–H groups in total. The number of hydrogen-bond donors (Lipinski definition) is 6. The number of carbonyl (C=O) groups excluding carboxylic acids is 5. The lowest BCUT2D eigenvalue weighted by Gasteiger charge is -2.37. The third-order valence-corrected chi connectivity index (χ3v) is 10.4. The Morgan fingerprint density at radius 3 is 2.14 bits per heavy atom. The van der Waals surface area contributed by atoms with Gasteiger partial charge in [0.1, 0.15) is 17.2 Å². The molecule has 3 aliphatic rings. The second-order valence-electron chi connectivity index (χ2n) is 14.1. The quantitative estimate of drug-likeness (QED) is 0.0799. The van der Waals surface area contributed by atoms with E-state index in [9.17, 15) is 37.9 Å². The molecule has 1 aliphatic heterocycles. The Morgan fingerprint density at radius 1 is 1.06 bits per heavy atom. The molecule has 0 spiro atoms. The van der Waals surface area contributed by atoms with Crippen molar-refractivity contribution in [2.45, 2.75) is 125 Å². The van der Waals surface area contributed by atoms with Crippen LogP contribution in [0.15, 0.2) is 41.1 Å². The second kappa shape index (κ2) is 18.6.